The second-order valence-electron chi connectivity index (χ2n) is 4.69. The van der Waals surface area contributed by atoms with Crippen LogP contribution in [0.3, 0.4) is 0 Å². The Labute approximate surface area is 122 Å². The van der Waals surface area contributed by atoms with Crippen molar-refractivity contribution in [1.82, 2.24) is 0 Å². The Morgan fingerprint density at radius 2 is 1.85 bits per heavy atom. The lowest BCUT2D eigenvalue weighted by atomic mass is 9.97. The van der Waals surface area contributed by atoms with Crippen LogP contribution in [0.5, 0.6) is 11.5 Å². The summed E-state index contributed by atoms with van der Waals surface area (Å²) < 4.78 is 45.3. The number of benzene rings is 1. The summed E-state index contributed by atoms with van der Waals surface area (Å²) in [7, 11) is 1.39. The predicted molar refractivity (Wildman–Crippen MR) is 73.3 cm³/mol. The minimum Gasteiger partial charge on any atom is -0.496 e. The normalized spacial score (nSPS) is 12.8. The summed E-state index contributed by atoms with van der Waals surface area (Å²) in [4.78, 5) is 0. The number of hydrogen-bond donors (Lipinski definition) is 1. The van der Waals surface area contributed by atoms with Crippen LogP contribution in [0.1, 0.15) is 31.9 Å². The van der Waals surface area contributed by atoms with Crippen molar-refractivity contribution >= 4 is 12.4 Å². The van der Waals surface area contributed by atoms with E-state index in [2.05, 4.69) is 4.74 Å². The topological polar surface area (TPSA) is 44.5 Å². The van der Waals surface area contributed by atoms with Crippen LogP contribution in [0.25, 0.3) is 0 Å². The SMILES string of the molecule is COc1cc(OC(F)(F)F)ccc1[C@H](N)CC(C)C.Cl. The van der Waals surface area contributed by atoms with Gasteiger partial charge >= 0.3 is 6.36 Å². The van der Waals surface area contributed by atoms with E-state index in [1.165, 1.54) is 25.3 Å². The zero-order chi connectivity index (χ0) is 14.6. The zero-order valence-corrected chi connectivity index (χ0v) is 12.3. The Hall–Kier alpha value is -1.14. The van der Waals surface area contributed by atoms with Gasteiger partial charge in [-0.2, -0.15) is 0 Å². The molecule has 0 fully saturated rings. The second kappa shape index (κ2) is 7.59. The zero-order valence-electron chi connectivity index (χ0n) is 11.5. The van der Waals surface area contributed by atoms with Crippen LogP contribution in [-0.2, 0) is 0 Å². The summed E-state index contributed by atoms with van der Waals surface area (Å²) in [6.45, 7) is 4.04. The molecule has 116 valence electrons. The quantitative estimate of drug-likeness (QED) is 0.891. The van der Waals surface area contributed by atoms with Gasteiger partial charge in [0.05, 0.1) is 7.11 Å². The number of ether oxygens (including phenoxy) is 2. The molecule has 0 amide bonds. The molecule has 2 N–H and O–H groups in total. The van der Waals surface area contributed by atoms with Crippen molar-refractivity contribution in [3.05, 3.63) is 23.8 Å². The van der Waals surface area contributed by atoms with Gasteiger partial charge in [0.1, 0.15) is 11.5 Å². The highest BCUT2D eigenvalue weighted by Crippen LogP contribution is 2.33. The van der Waals surface area contributed by atoms with Crippen LogP contribution in [-0.4, -0.2) is 13.5 Å². The molecule has 1 atom stereocenters. The van der Waals surface area contributed by atoms with E-state index in [9.17, 15) is 13.2 Å². The maximum absolute atomic E-state index is 12.1. The van der Waals surface area contributed by atoms with Gasteiger partial charge in [0.25, 0.3) is 0 Å². The van der Waals surface area contributed by atoms with Crippen molar-refractivity contribution in [1.29, 1.82) is 0 Å². The summed E-state index contributed by atoms with van der Waals surface area (Å²) in [5, 5.41) is 0. The summed E-state index contributed by atoms with van der Waals surface area (Å²) in [6, 6.07) is 3.66. The maximum atomic E-state index is 12.1. The van der Waals surface area contributed by atoms with E-state index in [1.54, 1.807) is 0 Å². The maximum Gasteiger partial charge on any atom is 0.573 e. The minimum atomic E-state index is -4.72. The number of rotatable bonds is 5. The van der Waals surface area contributed by atoms with Crippen LogP contribution < -0.4 is 15.2 Å². The third kappa shape index (κ3) is 5.88. The molecule has 1 aromatic carbocycles. The van der Waals surface area contributed by atoms with Crippen LogP contribution >= 0.6 is 12.4 Å². The first-order valence-corrected chi connectivity index (χ1v) is 5.92. The molecule has 3 nitrogen and oxygen atoms in total. The molecule has 0 aliphatic heterocycles. The molecule has 0 spiro atoms. The van der Waals surface area contributed by atoms with Gasteiger partial charge in [-0.25, -0.2) is 0 Å². The van der Waals surface area contributed by atoms with Crippen LogP contribution in [0.2, 0.25) is 0 Å². The van der Waals surface area contributed by atoms with E-state index in [1.807, 2.05) is 13.8 Å². The monoisotopic (exact) mass is 313 g/mol. The largest absolute Gasteiger partial charge is 0.573 e. The van der Waals surface area contributed by atoms with Gasteiger partial charge in [-0.05, 0) is 18.4 Å². The molecule has 1 rings (SSSR count). The van der Waals surface area contributed by atoms with Crippen molar-refractivity contribution in [3.63, 3.8) is 0 Å². The van der Waals surface area contributed by atoms with Gasteiger partial charge in [0.2, 0.25) is 0 Å². The molecule has 0 aliphatic rings. The molecule has 0 saturated heterocycles. The van der Waals surface area contributed by atoms with Gasteiger partial charge in [-0.1, -0.05) is 19.9 Å². The van der Waals surface area contributed by atoms with Crippen molar-refractivity contribution < 1.29 is 22.6 Å². The highest BCUT2D eigenvalue weighted by Gasteiger charge is 2.31. The van der Waals surface area contributed by atoms with E-state index >= 15 is 0 Å². The fourth-order valence-electron chi connectivity index (χ4n) is 1.83. The smallest absolute Gasteiger partial charge is 0.496 e. The van der Waals surface area contributed by atoms with Gasteiger partial charge in [0, 0.05) is 17.7 Å². The standard InChI is InChI=1S/C13H18F3NO2.ClH/c1-8(2)6-11(17)10-5-4-9(7-12(10)18-3)19-13(14,15)16;/h4-5,7-8,11H,6,17H2,1-3H3;1H/t11-;/m1./s1. The molecule has 0 radical (unpaired) electrons. The Morgan fingerprint density at radius 3 is 2.30 bits per heavy atom. The van der Waals surface area contributed by atoms with Crippen molar-refractivity contribution in [2.45, 2.75) is 32.7 Å². The minimum absolute atomic E-state index is 0. The molecule has 20 heavy (non-hydrogen) atoms. The fourth-order valence-corrected chi connectivity index (χ4v) is 1.83. The molecule has 0 saturated carbocycles. The lowest BCUT2D eigenvalue weighted by molar-refractivity contribution is -0.274. The number of nitrogens with two attached hydrogens (primary N) is 1. The summed E-state index contributed by atoms with van der Waals surface area (Å²) >= 11 is 0. The molecular formula is C13H19ClF3NO2. The highest BCUT2D eigenvalue weighted by atomic mass is 35.5. The van der Waals surface area contributed by atoms with Gasteiger partial charge in [0.15, 0.2) is 0 Å². The number of halogens is 4. The average molecular weight is 314 g/mol. The molecule has 0 aliphatic carbocycles. The molecule has 0 heterocycles. The van der Waals surface area contributed by atoms with E-state index in [4.69, 9.17) is 10.5 Å². The third-order valence-electron chi connectivity index (χ3n) is 2.56. The van der Waals surface area contributed by atoms with Crippen molar-refractivity contribution in [3.8, 4) is 11.5 Å². The molecule has 0 bridgehead atoms. The first-order valence-electron chi connectivity index (χ1n) is 5.92. The summed E-state index contributed by atoms with van der Waals surface area (Å²) in [5.74, 6) is 0.366. The Morgan fingerprint density at radius 1 is 1.25 bits per heavy atom. The number of alkyl halides is 3. The lowest BCUT2D eigenvalue weighted by Gasteiger charge is -2.18. The average Bonchev–Trinajstić information content (AvgIpc) is 2.25. The number of methoxy groups -OCH3 is 1. The molecule has 1 aromatic rings. The Bertz CT molecular complexity index is 425. The van der Waals surface area contributed by atoms with Crippen molar-refractivity contribution in [2.75, 3.05) is 7.11 Å². The first-order chi connectivity index (χ1) is 8.73. The van der Waals surface area contributed by atoms with Gasteiger partial charge in [-0.15, -0.1) is 25.6 Å². The Kier molecular flexibility index (Phi) is 7.16. The fraction of sp³-hybridized carbons (Fsp3) is 0.538. The van der Waals surface area contributed by atoms with Crippen LogP contribution in [0.15, 0.2) is 18.2 Å². The van der Waals surface area contributed by atoms with E-state index < -0.39 is 6.36 Å². The molecular weight excluding hydrogens is 295 g/mol. The number of hydrogen-bond acceptors (Lipinski definition) is 3. The summed E-state index contributed by atoms with van der Waals surface area (Å²) in [5.41, 5.74) is 6.68. The molecule has 0 unspecified atom stereocenters. The van der Waals surface area contributed by atoms with Gasteiger partial charge in [-0.3, -0.25) is 0 Å². The van der Waals surface area contributed by atoms with E-state index in [0.717, 1.165) is 6.42 Å². The van der Waals surface area contributed by atoms with E-state index in [-0.39, 0.29) is 24.2 Å². The molecule has 0 aromatic heterocycles. The lowest BCUT2D eigenvalue weighted by Crippen LogP contribution is -2.18. The third-order valence-corrected chi connectivity index (χ3v) is 2.56. The van der Waals surface area contributed by atoms with Crippen LogP contribution in [0.4, 0.5) is 13.2 Å². The summed E-state index contributed by atoms with van der Waals surface area (Å²) in [6.07, 6.45) is -4.00. The first kappa shape index (κ1) is 18.9. The van der Waals surface area contributed by atoms with E-state index in [0.29, 0.717) is 17.2 Å². The van der Waals surface area contributed by atoms with Crippen molar-refractivity contribution in [2.24, 2.45) is 11.7 Å². The van der Waals surface area contributed by atoms with Gasteiger partial charge < -0.3 is 15.2 Å². The second-order valence-corrected chi connectivity index (χ2v) is 4.69. The predicted octanol–water partition coefficient (Wildman–Crippen LogP) is 4.06. The highest BCUT2D eigenvalue weighted by molar-refractivity contribution is 5.85. The van der Waals surface area contributed by atoms with Crippen LogP contribution in [0, 0.1) is 5.92 Å². The Balaban J connectivity index is 0.00000361. The molecule has 7 heteroatoms.